The third kappa shape index (κ3) is 2.52. The largest absolute Gasteiger partial charge is 0.497 e. The molecule has 100 valence electrons. The van der Waals surface area contributed by atoms with Gasteiger partial charge in [-0.25, -0.2) is 0 Å². The summed E-state index contributed by atoms with van der Waals surface area (Å²) < 4.78 is 5.19. The summed E-state index contributed by atoms with van der Waals surface area (Å²) in [6.45, 7) is 6.70. The molecule has 1 aliphatic rings. The Morgan fingerprint density at radius 3 is 2.28 bits per heavy atom. The van der Waals surface area contributed by atoms with Crippen molar-refractivity contribution in [2.45, 2.75) is 38.3 Å². The fraction of sp³-hybridized carbons (Fsp3) is 0.600. The van der Waals surface area contributed by atoms with E-state index in [0.29, 0.717) is 6.04 Å². The molecule has 1 aromatic carbocycles. The normalized spacial score (nSPS) is 21.6. The molecule has 0 saturated carbocycles. The van der Waals surface area contributed by atoms with Crippen LogP contribution in [0.5, 0.6) is 5.75 Å². The molecule has 2 unspecified atom stereocenters. The van der Waals surface area contributed by atoms with E-state index < -0.39 is 0 Å². The zero-order valence-corrected chi connectivity index (χ0v) is 11.6. The van der Waals surface area contributed by atoms with E-state index >= 15 is 0 Å². The molecule has 0 aromatic heterocycles. The number of rotatable bonds is 4. The lowest BCUT2D eigenvalue weighted by Gasteiger charge is -2.38. The van der Waals surface area contributed by atoms with E-state index in [9.17, 15) is 0 Å². The smallest absolute Gasteiger partial charge is 0.118 e. The molecule has 3 heteroatoms. The van der Waals surface area contributed by atoms with Gasteiger partial charge in [-0.2, -0.15) is 0 Å². The zero-order valence-electron chi connectivity index (χ0n) is 11.6. The van der Waals surface area contributed by atoms with Gasteiger partial charge in [-0.3, -0.25) is 4.90 Å². The zero-order chi connectivity index (χ0) is 13.2. The third-order valence-corrected chi connectivity index (χ3v) is 4.27. The van der Waals surface area contributed by atoms with E-state index in [1.807, 2.05) is 12.1 Å². The third-order valence-electron chi connectivity index (χ3n) is 4.27. The minimum atomic E-state index is -0.323. The van der Waals surface area contributed by atoms with Crippen LogP contribution in [-0.2, 0) is 5.54 Å². The predicted molar refractivity (Wildman–Crippen MR) is 74.8 cm³/mol. The molecular weight excluding hydrogens is 224 g/mol. The van der Waals surface area contributed by atoms with Gasteiger partial charge in [0.05, 0.1) is 12.6 Å². The first kappa shape index (κ1) is 13.4. The highest BCUT2D eigenvalue weighted by Crippen LogP contribution is 2.28. The summed E-state index contributed by atoms with van der Waals surface area (Å²) in [4.78, 5) is 2.49. The van der Waals surface area contributed by atoms with Crippen LogP contribution in [0.3, 0.4) is 0 Å². The molecule has 2 N–H and O–H groups in total. The molecule has 18 heavy (non-hydrogen) atoms. The number of hydrogen-bond donors (Lipinski definition) is 1. The summed E-state index contributed by atoms with van der Waals surface area (Å²) >= 11 is 0. The SMILES string of the molecule is COc1ccc(C(C)(N)C(C)N2CCCC2)cc1. The number of likely N-dealkylation sites (tertiary alicyclic amines) is 1. The van der Waals surface area contributed by atoms with Crippen LogP contribution < -0.4 is 10.5 Å². The summed E-state index contributed by atoms with van der Waals surface area (Å²) in [6.07, 6.45) is 2.59. The van der Waals surface area contributed by atoms with Gasteiger partial charge in [-0.1, -0.05) is 12.1 Å². The lowest BCUT2D eigenvalue weighted by molar-refractivity contribution is 0.172. The van der Waals surface area contributed by atoms with Crippen LogP contribution in [0.1, 0.15) is 32.3 Å². The van der Waals surface area contributed by atoms with Crippen molar-refractivity contribution in [2.24, 2.45) is 5.73 Å². The summed E-state index contributed by atoms with van der Waals surface area (Å²) in [6, 6.07) is 8.47. The van der Waals surface area contributed by atoms with Crippen LogP contribution in [0, 0.1) is 0 Å². The number of benzene rings is 1. The van der Waals surface area contributed by atoms with Crippen molar-refractivity contribution in [3.05, 3.63) is 29.8 Å². The van der Waals surface area contributed by atoms with Gasteiger partial charge in [0.2, 0.25) is 0 Å². The molecule has 0 aliphatic carbocycles. The van der Waals surface area contributed by atoms with E-state index in [-0.39, 0.29) is 5.54 Å². The number of nitrogens with zero attached hydrogens (tertiary/aromatic N) is 1. The lowest BCUT2D eigenvalue weighted by atomic mass is 9.85. The Morgan fingerprint density at radius 1 is 1.22 bits per heavy atom. The first-order valence-electron chi connectivity index (χ1n) is 6.73. The molecule has 0 amide bonds. The van der Waals surface area contributed by atoms with Crippen molar-refractivity contribution in [1.29, 1.82) is 0 Å². The van der Waals surface area contributed by atoms with Gasteiger partial charge in [-0.15, -0.1) is 0 Å². The average Bonchev–Trinajstić information content (AvgIpc) is 2.91. The first-order valence-corrected chi connectivity index (χ1v) is 6.73. The van der Waals surface area contributed by atoms with E-state index in [2.05, 4.69) is 30.9 Å². The molecule has 0 radical (unpaired) electrons. The Labute approximate surface area is 110 Å². The maximum atomic E-state index is 6.57. The standard InChI is InChI=1S/C15H24N2O/c1-12(17-10-4-5-11-17)15(2,16)13-6-8-14(18-3)9-7-13/h6-9,12H,4-5,10-11,16H2,1-3H3. The van der Waals surface area contributed by atoms with Crippen molar-refractivity contribution in [3.63, 3.8) is 0 Å². The first-order chi connectivity index (χ1) is 8.55. The Morgan fingerprint density at radius 2 is 1.78 bits per heavy atom. The highest BCUT2D eigenvalue weighted by Gasteiger charge is 2.33. The maximum absolute atomic E-state index is 6.57. The van der Waals surface area contributed by atoms with Crippen molar-refractivity contribution in [1.82, 2.24) is 4.90 Å². The molecule has 2 rings (SSSR count). The number of methoxy groups -OCH3 is 1. The van der Waals surface area contributed by atoms with Crippen molar-refractivity contribution in [3.8, 4) is 5.75 Å². The molecule has 1 heterocycles. The van der Waals surface area contributed by atoms with Crippen LogP contribution in [0.15, 0.2) is 24.3 Å². The van der Waals surface area contributed by atoms with E-state index in [1.54, 1.807) is 7.11 Å². The van der Waals surface area contributed by atoms with Gasteiger partial charge < -0.3 is 10.5 Å². The molecule has 3 nitrogen and oxygen atoms in total. The number of hydrogen-bond acceptors (Lipinski definition) is 3. The molecule has 0 bridgehead atoms. The van der Waals surface area contributed by atoms with Crippen LogP contribution in [0.4, 0.5) is 0 Å². The molecule has 2 atom stereocenters. The van der Waals surface area contributed by atoms with Crippen molar-refractivity contribution >= 4 is 0 Å². The van der Waals surface area contributed by atoms with Crippen LogP contribution in [-0.4, -0.2) is 31.1 Å². The molecular formula is C15H24N2O. The number of ether oxygens (including phenoxy) is 1. The quantitative estimate of drug-likeness (QED) is 0.889. The Hall–Kier alpha value is -1.06. The molecule has 0 spiro atoms. The van der Waals surface area contributed by atoms with Gasteiger partial charge >= 0.3 is 0 Å². The van der Waals surface area contributed by atoms with Gasteiger partial charge in [0.1, 0.15) is 5.75 Å². The average molecular weight is 248 g/mol. The van der Waals surface area contributed by atoms with E-state index in [0.717, 1.165) is 5.75 Å². The van der Waals surface area contributed by atoms with Gasteiger partial charge in [-0.05, 0) is 57.5 Å². The highest BCUT2D eigenvalue weighted by atomic mass is 16.5. The van der Waals surface area contributed by atoms with Crippen molar-refractivity contribution < 1.29 is 4.74 Å². The van der Waals surface area contributed by atoms with Gasteiger partial charge in [0.15, 0.2) is 0 Å². The molecule has 1 saturated heterocycles. The fourth-order valence-electron chi connectivity index (χ4n) is 2.70. The van der Waals surface area contributed by atoms with Crippen LogP contribution in [0.25, 0.3) is 0 Å². The summed E-state index contributed by atoms with van der Waals surface area (Å²) in [5, 5.41) is 0. The minimum absolute atomic E-state index is 0.323. The maximum Gasteiger partial charge on any atom is 0.118 e. The van der Waals surface area contributed by atoms with Gasteiger partial charge in [0, 0.05) is 6.04 Å². The Balaban J connectivity index is 2.17. The van der Waals surface area contributed by atoms with E-state index in [1.165, 1.54) is 31.5 Å². The Bertz CT molecular complexity index is 380. The van der Waals surface area contributed by atoms with Crippen LogP contribution in [0.2, 0.25) is 0 Å². The lowest BCUT2D eigenvalue weighted by Crippen LogP contribution is -2.52. The minimum Gasteiger partial charge on any atom is -0.497 e. The molecule has 1 aliphatic heterocycles. The molecule has 1 aromatic rings. The summed E-state index contributed by atoms with van der Waals surface area (Å²) in [5.41, 5.74) is 7.42. The second-order valence-corrected chi connectivity index (χ2v) is 5.43. The molecule has 1 fully saturated rings. The highest BCUT2D eigenvalue weighted by molar-refractivity contribution is 5.32. The Kier molecular flexibility index (Phi) is 3.93. The monoisotopic (exact) mass is 248 g/mol. The second kappa shape index (κ2) is 5.29. The van der Waals surface area contributed by atoms with Crippen LogP contribution >= 0.6 is 0 Å². The topological polar surface area (TPSA) is 38.5 Å². The predicted octanol–water partition coefficient (Wildman–Crippen LogP) is 2.35. The fourth-order valence-corrected chi connectivity index (χ4v) is 2.70. The summed E-state index contributed by atoms with van der Waals surface area (Å²) in [5.74, 6) is 0.878. The summed E-state index contributed by atoms with van der Waals surface area (Å²) in [7, 11) is 1.68. The number of nitrogens with two attached hydrogens (primary N) is 1. The van der Waals surface area contributed by atoms with E-state index in [4.69, 9.17) is 10.5 Å². The van der Waals surface area contributed by atoms with Crippen molar-refractivity contribution in [2.75, 3.05) is 20.2 Å². The van der Waals surface area contributed by atoms with Gasteiger partial charge in [0.25, 0.3) is 0 Å². The second-order valence-electron chi connectivity index (χ2n) is 5.43.